The number of nitrogens with zero attached hydrogens (tertiary/aromatic N) is 4. The van der Waals surface area contributed by atoms with Crippen molar-refractivity contribution in [2.45, 2.75) is 0 Å². The topological polar surface area (TPSA) is 51.1 Å². The van der Waals surface area contributed by atoms with Gasteiger partial charge < -0.3 is 9.64 Å². The number of methoxy groups -OCH3 is 1. The quantitative estimate of drug-likeness (QED) is 0.541. The number of pyridine rings is 1. The summed E-state index contributed by atoms with van der Waals surface area (Å²) >= 11 is 0. The van der Waals surface area contributed by atoms with E-state index in [1.54, 1.807) is 19.5 Å². The van der Waals surface area contributed by atoms with E-state index in [4.69, 9.17) is 14.7 Å². The molecule has 0 unspecified atom stereocenters. The summed E-state index contributed by atoms with van der Waals surface area (Å²) in [6, 6.07) is 18.2. The number of ether oxygens (including phenoxy) is 1. The zero-order valence-corrected chi connectivity index (χ0v) is 15.5. The van der Waals surface area contributed by atoms with Crippen molar-refractivity contribution in [3.63, 3.8) is 0 Å². The van der Waals surface area contributed by atoms with Crippen molar-refractivity contribution in [3.05, 3.63) is 67.0 Å². The van der Waals surface area contributed by atoms with Crippen LogP contribution < -0.4 is 9.64 Å². The number of hydrogen-bond donors (Lipinski definition) is 0. The maximum Gasteiger partial charge on any atom is 0.163 e. The fourth-order valence-corrected chi connectivity index (χ4v) is 3.06. The van der Waals surface area contributed by atoms with Gasteiger partial charge in [-0.15, -0.1) is 0 Å². The summed E-state index contributed by atoms with van der Waals surface area (Å²) in [4.78, 5) is 15.7. The van der Waals surface area contributed by atoms with Gasteiger partial charge in [0.15, 0.2) is 5.82 Å². The first-order chi connectivity index (χ1) is 13.2. The third-order valence-corrected chi connectivity index (χ3v) is 4.42. The van der Waals surface area contributed by atoms with Crippen LogP contribution in [0.15, 0.2) is 67.0 Å². The molecule has 0 amide bonds. The van der Waals surface area contributed by atoms with Crippen molar-refractivity contribution in [2.75, 3.05) is 26.1 Å². The summed E-state index contributed by atoms with van der Waals surface area (Å²) in [7, 11) is 5.66. The molecular weight excluding hydrogens is 336 g/mol. The number of benzene rings is 2. The molecule has 0 aliphatic heterocycles. The minimum Gasteiger partial charge on any atom is -0.497 e. The molecule has 0 saturated carbocycles. The van der Waals surface area contributed by atoms with Crippen LogP contribution in [0.5, 0.6) is 5.75 Å². The minimum absolute atomic E-state index is 0.674. The van der Waals surface area contributed by atoms with Crippen LogP contribution in [-0.2, 0) is 0 Å². The Kier molecular flexibility index (Phi) is 4.42. The molecule has 27 heavy (non-hydrogen) atoms. The first-order valence-corrected chi connectivity index (χ1v) is 8.69. The molecular formula is C22H20N4O. The lowest BCUT2D eigenvalue weighted by molar-refractivity contribution is 0.415. The Bertz CT molecular complexity index is 1090. The molecule has 0 bridgehead atoms. The lowest BCUT2D eigenvalue weighted by Gasteiger charge is -2.16. The van der Waals surface area contributed by atoms with E-state index in [2.05, 4.69) is 23.2 Å². The zero-order valence-electron chi connectivity index (χ0n) is 15.5. The van der Waals surface area contributed by atoms with Crippen molar-refractivity contribution >= 4 is 16.7 Å². The van der Waals surface area contributed by atoms with Crippen LogP contribution in [0.4, 0.5) is 5.82 Å². The van der Waals surface area contributed by atoms with E-state index < -0.39 is 0 Å². The normalized spacial score (nSPS) is 10.8. The standard InChI is InChI=1S/C22H20N4O/c1-26(2)22-19-13-16(15-6-4-8-18(12-15)27-3)9-10-20(19)24-21(25-22)17-7-5-11-23-14-17/h4-14H,1-3H3. The van der Waals surface area contributed by atoms with Gasteiger partial charge in [0.2, 0.25) is 0 Å². The minimum atomic E-state index is 0.674. The molecule has 5 nitrogen and oxygen atoms in total. The van der Waals surface area contributed by atoms with Crippen LogP contribution >= 0.6 is 0 Å². The third-order valence-electron chi connectivity index (χ3n) is 4.42. The smallest absolute Gasteiger partial charge is 0.163 e. The Labute approximate surface area is 158 Å². The molecule has 134 valence electrons. The fraction of sp³-hybridized carbons (Fsp3) is 0.136. The lowest BCUT2D eigenvalue weighted by Crippen LogP contribution is -2.12. The molecule has 2 aromatic heterocycles. The van der Waals surface area contributed by atoms with Crippen LogP contribution in [0.25, 0.3) is 33.4 Å². The van der Waals surface area contributed by atoms with E-state index in [9.17, 15) is 0 Å². The highest BCUT2D eigenvalue weighted by Gasteiger charge is 2.12. The molecule has 4 rings (SSSR count). The van der Waals surface area contributed by atoms with Gasteiger partial charge in [0.1, 0.15) is 11.6 Å². The third kappa shape index (κ3) is 3.31. The van der Waals surface area contributed by atoms with Gasteiger partial charge in [-0.2, -0.15) is 0 Å². The number of aromatic nitrogens is 3. The molecule has 0 spiro atoms. The Morgan fingerprint density at radius 1 is 0.852 bits per heavy atom. The molecule has 0 atom stereocenters. The molecule has 2 heterocycles. The molecule has 4 aromatic rings. The van der Waals surface area contributed by atoms with Crippen molar-refractivity contribution in [2.24, 2.45) is 0 Å². The molecule has 0 aliphatic carbocycles. The largest absolute Gasteiger partial charge is 0.497 e. The second kappa shape index (κ2) is 7.03. The van der Waals surface area contributed by atoms with Crippen LogP contribution in [0.3, 0.4) is 0 Å². The van der Waals surface area contributed by atoms with Crippen LogP contribution in [0, 0.1) is 0 Å². The number of fused-ring (bicyclic) bond motifs is 1. The average molecular weight is 356 g/mol. The number of rotatable bonds is 4. The summed E-state index contributed by atoms with van der Waals surface area (Å²) in [5, 5.41) is 1.01. The highest BCUT2D eigenvalue weighted by Crippen LogP contribution is 2.31. The van der Waals surface area contributed by atoms with Gasteiger partial charge in [0.05, 0.1) is 12.6 Å². The summed E-state index contributed by atoms with van der Waals surface area (Å²) in [5.74, 6) is 2.39. The van der Waals surface area contributed by atoms with Crippen molar-refractivity contribution in [1.82, 2.24) is 15.0 Å². The monoisotopic (exact) mass is 356 g/mol. The summed E-state index contributed by atoms with van der Waals surface area (Å²) in [5.41, 5.74) is 4.00. The summed E-state index contributed by atoms with van der Waals surface area (Å²) in [6.45, 7) is 0. The van der Waals surface area contributed by atoms with Crippen molar-refractivity contribution < 1.29 is 4.74 Å². The summed E-state index contributed by atoms with van der Waals surface area (Å²) < 4.78 is 5.35. The maximum atomic E-state index is 5.35. The molecule has 0 saturated heterocycles. The van der Waals surface area contributed by atoms with Gasteiger partial charge in [0.25, 0.3) is 0 Å². The van der Waals surface area contributed by atoms with Gasteiger partial charge in [-0.05, 0) is 47.5 Å². The Hall–Kier alpha value is -3.47. The van der Waals surface area contributed by atoms with Gasteiger partial charge in [0, 0.05) is 37.4 Å². The van der Waals surface area contributed by atoms with E-state index >= 15 is 0 Å². The number of anilines is 1. The highest BCUT2D eigenvalue weighted by atomic mass is 16.5. The molecule has 2 aromatic carbocycles. The number of hydrogen-bond acceptors (Lipinski definition) is 5. The Morgan fingerprint density at radius 3 is 2.41 bits per heavy atom. The molecule has 0 fully saturated rings. The fourth-order valence-electron chi connectivity index (χ4n) is 3.06. The maximum absolute atomic E-state index is 5.35. The van der Waals surface area contributed by atoms with E-state index in [0.717, 1.165) is 39.2 Å². The Balaban J connectivity index is 1.89. The Morgan fingerprint density at radius 2 is 1.67 bits per heavy atom. The lowest BCUT2D eigenvalue weighted by atomic mass is 10.0. The van der Waals surface area contributed by atoms with Gasteiger partial charge >= 0.3 is 0 Å². The van der Waals surface area contributed by atoms with Gasteiger partial charge in [-0.3, -0.25) is 4.98 Å². The van der Waals surface area contributed by atoms with E-state index in [1.807, 2.05) is 55.4 Å². The van der Waals surface area contributed by atoms with Crippen molar-refractivity contribution in [3.8, 4) is 28.3 Å². The zero-order chi connectivity index (χ0) is 18.8. The predicted molar refractivity (Wildman–Crippen MR) is 109 cm³/mol. The second-order valence-corrected chi connectivity index (χ2v) is 6.47. The van der Waals surface area contributed by atoms with Gasteiger partial charge in [-0.25, -0.2) is 9.97 Å². The SMILES string of the molecule is COc1cccc(-c2ccc3nc(-c4cccnc4)nc(N(C)C)c3c2)c1. The van der Waals surface area contributed by atoms with E-state index in [1.165, 1.54) is 0 Å². The predicted octanol–water partition coefficient (Wildman–Crippen LogP) is 4.43. The molecule has 5 heteroatoms. The molecule has 0 aliphatic rings. The van der Waals surface area contributed by atoms with Crippen LogP contribution in [0.1, 0.15) is 0 Å². The molecule has 0 N–H and O–H groups in total. The summed E-state index contributed by atoms with van der Waals surface area (Å²) in [6.07, 6.45) is 3.53. The average Bonchev–Trinajstić information content (AvgIpc) is 2.73. The molecule has 0 radical (unpaired) electrons. The first-order valence-electron chi connectivity index (χ1n) is 8.69. The van der Waals surface area contributed by atoms with Crippen LogP contribution in [-0.4, -0.2) is 36.2 Å². The van der Waals surface area contributed by atoms with E-state index in [0.29, 0.717) is 5.82 Å². The van der Waals surface area contributed by atoms with Gasteiger partial charge in [-0.1, -0.05) is 18.2 Å². The second-order valence-electron chi connectivity index (χ2n) is 6.47. The van der Waals surface area contributed by atoms with E-state index in [-0.39, 0.29) is 0 Å². The van der Waals surface area contributed by atoms with Crippen LogP contribution in [0.2, 0.25) is 0 Å². The highest BCUT2D eigenvalue weighted by molar-refractivity contribution is 5.94. The van der Waals surface area contributed by atoms with Crippen molar-refractivity contribution in [1.29, 1.82) is 0 Å². The first kappa shape index (κ1) is 17.0.